The summed E-state index contributed by atoms with van der Waals surface area (Å²) in [5, 5.41) is 1.38. The van der Waals surface area contributed by atoms with Crippen LogP contribution >= 0.6 is 0 Å². The molecule has 0 unspecified atom stereocenters. The molecule has 2 fully saturated rings. The summed E-state index contributed by atoms with van der Waals surface area (Å²) in [7, 11) is -2.23. The van der Waals surface area contributed by atoms with Crippen LogP contribution in [0.1, 0.15) is 59.9 Å². The summed E-state index contributed by atoms with van der Waals surface area (Å²) >= 11 is 0. The number of hydrogen-bond donors (Lipinski definition) is 0. The molecule has 4 aromatic rings. The van der Waals surface area contributed by atoms with Crippen LogP contribution in [0.4, 0.5) is 8.78 Å². The molecule has 0 aliphatic carbocycles. The second-order valence-electron chi connectivity index (χ2n) is 18.1. The monoisotopic (exact) mass is 812 g/mol. The van der Waals surface area contributed by atoms with Crippen LogP contribution in [-0.4, -0.2) is 81.7 Å². The van der Waals surface area contributed by atoms with Crippen molar-refractivity contribution in [2.45, 2.75) is 102 Å². The fourth-order valence-electron chi connectivity index (χ4n) is 9.02. The summed E-state index contributed by atoms with van der Waals surface area (Å²) in [6.07, 6.45) is 3.07. The molecule has 0 radical (unpaired) electrons. The molecular weight excluding hydrogens is 755 g/mol. The predicted molar refractivity (Wildman–Crippen MR) is 232 cm³/mol. The van der Waals surface area contributed by atoms with Crippen molar-refractivity contribution in [3.63, 3.8) is 0 Å². The second kappa shape index (κ2) is 16.6. The van der Waals surface area contributed by atoms with Gasteiger partial charge < -0.3 is 18.9 Å². The van der Waals surface area contributed by atoms with Gasteiger partial charge in [-0.15, -0.1) is 5.54 Å². The van der Waals surface area contributed by atoms with Crippen LogP contribution in [0, 0.1) is 23.1 Å². The summed E-state index contributed by atoms with van der Waals surface area (Å²) in [6, 6.07) is 7.39. The first-order chi connectivity index (χ1) is 26.9. The molecule has 0 saturated carbocycles. The zero-order chi connectivity index (χ0) is 41.4. The van der Waals surface area contributed by atoms with Gasteiger partial charge in [-0.2, -0.15) is 9.97 Å². The van der Waals surface area contributed by atoms with E-state index in [2.05, 4.69) is 106 Å². The minimum Gasteiger partial charge on any atom is -0.477 e. The van der Waals surface area contributed by atoms with Crippen LogP contribution in [-0.2, 0) is 4.74 Å². The number of benzene rings is 2. The predicted octanol–water partition coefficient (Wildman–Crippen LogP) is 10.7. The molecule has 304 valence electrons. The highest BCUT2D eigenvalue weighted by Gasteiger charge is 2.48. The maximum absolute atomic E-state index is 17.4. The standard InChI is InChI=1S/C45H58F2N4O4Si2/c1-28(2)57(29(3)4,30(5)6)17-15-35-38(46)14-13-33-19-34(55-27-52-9)20-36(39(33)35)41-40(47)42-37(23-48-41)43(53-16-18-56(10,11)12)50-44(49-42)54-26-45-21-31(7)24-51(45)25-32(8)22-45/h13-14,19-20,23,28-30H,7-8,16,18,21-22,24-27H2,1-6,9-12H3. The molecule has 0 bridgehead atoms. The number of methoxy groups -OCH3 is 1. The summed E-state index contributed by atoms with van der Waals surface area (Å²) in [4.78, 5) is 16.4. The topological polar surface area (TPSA) is 78.8 Å². The van der Waals surface area contributed by atoms with Crippen LogP contribution in [0.2, 0.25) is 42.3 Å². The number of rotatable bonds is 14. The normalized spacial score (nSPS) is 15.9. The molecular formula is C45H58F2N4O4Si2. The number of ether oxygens (including phenoxy) is 4. The van der Waals surface area contributed by atoms with Crippen LogP contribution in [0.25, 0.3) is 32.9 Å². The Bertz CT molecular complexity index is 2220. The third kappa shape index (κ3) is 8.54. The van der Waals surface area contributed by atoms with Gasteiger partial charge in [0.05, 0.1) is 23.1 Å². The minimum atomic E-state index is -2.28. The zero-order valence-electron chi connectivity index (χ0n) is 35.4. The van der Waals surface area contributed by atoms with Gasteiger partial charge in [0.2, 0.25) is 5.88 Å². The van der Waals surface area contributed by atoms with E-state index in [1.165, 1.54) is 19.4 Å². The number of nitrogens with zero attached hydrogens (tertiary/aromatic N) is 4. The number of pyridine rings is 1. The Morgan fingerprint density at radius 3 is 2.19 bits per heavy atom. The molecule has 2 aromatic heterocycles. The molecule has 2 aliphatic rings. The van der Waals surface area contributed by atoms with Crippen molar-refractivity contribution >= 4 is 37.8 Å². The molecule has 8 nitrogen and oxygen atoms in total. The fraction of sp³-hybridized carbons (Fsp3) is 0.489. The molecule has 6 rings (SSSR count). The number of hydrogen-bond acceptors (Lipinski definition) is 8. The van der Waals surface area contributed by atoms with Crippen molar-refractivity contribution in [3.05, 3.63) is 72.0 Å². The van der Waals surface area contributed by atoms with Gasteiger partial charge in [-0.1, -0.05) is 97.5 Å². The van der Waals surface area contributed by atoms with Crippen LogP contribution < -0.4 is 14.2 Å². The smallest absolute Gasteiger partial charge is 0.320 e. The molecule has 2 aromatic carbocycles. The average molecular weight is 813 g/mol. The Morgan fingerprint density at radius 1 is 0.912 bits per heavy atom. The molecule has 0 atom stereocenters. The minimum absolute atomic E-state index is 0.00268. The molecule has 0 spiro atoms. The van der Waals surface area contributed by atoms with Crippen molar-refractivity contribution in [3.8, 4) is 40.4 Å². The quantitative estimate of drug-likeness (QED) is 0.0539. The van der Waals surface area contributed by atoms with E-state index in [9.17, 15) is 0 Å². The highest BCUT2D eigenvalue weighted by molar-refractivity contribution is 6.90. The summed E-state index contributed by atoms with van der Waals surface area (Å²) in [5.41, 5.74) is 7.10. The Kier molecular flexibility index (Phi) is 12.4. The highest BCUT2D eigenvalue weighted by Crippen LogP contribution is 2.44. The summed E-state index contributed by atoms with van der Waals surface area (Å²) in [5.74, 6) is 2.73. The van der Waals surface area contributed by atoms with Gasteiger partial charge >= 0.3 is 6.01 Å². The maximum Gasteiger partial charge on any atom is 0.320 e. The number of aromatic nitrogens is 3. The maximum atomic E-state index is 17.4. The van der Waals surface area contributed by atoms with E-state index >= 15 is 8.78 Å². The highest BCUT2D eigenvalue weighted by atomic mass is 28.3. The van der Waals surface area contributed by atoms with Gasteiger partial charge in [0.1, 0.15) is 37.5 Å². The summed E-state index contributed by atoms with van der Waals surface area (Å²) in [6.45, 7) is 30.8. The first-order valence-corrected chi connectivity index (χ1v) is 25.9. The van der Waals surface area contributed by atoms with Crippen LogP contribution in [0.5, 0.6) is 17.6 Å². The first-order valence-electron chi connectivity index (χ1n) is 20.0. The fourth-order valence-corrected chi connectivity index (χ4v) is 14.9. The lowest BCUT2D eigenvalue weighted by atomic mass is 9.92. The van der Waals surface area contributed by atoms with Crippen molar-refractivity contribution in [2.75, 3.05) is 40.2 Å². The lowest BCUT2D eigenvalue weighted by Gasteiger charge is -2.38. The lowest BCUT2D eigenvalue weighted by molar-refractivity contribution is 0.0512. The summed E-state index contributed by atoms with van der Waals surface area (Å²) < 4.78 is 57.4. The van der Waals surface area contributed by atoms with E-state index in [0.29, 0.717) is 50.7 Å². The van der Waals surface area contributed by atoms with Crippen molar-refractivity contribution in [1.82, 2.24) is 19.9 Å². The molecule has 12 heteroatoms. The van der Waals surface area contributed by atoms with E-state index in [4.69, 9.17) is 18.9 Å². The second-order valence-corrected chi connectivity index (χ2v) is 29.3. The number of fused-ring (bicyclic) bond motifs is 3. The molecule has 0 N–H and O–H groups in total. The SMILES string of the molecule is C=C1CN2CC(=C)CC2(COc2nc(OCC[Si](C)(C)C)c3cnc(-c4cc(OCOC)cc5ccc(F)c(C#C[Si](C(C)C)(C(C)C)C(C)C)c45)c(F)c3n2)C1. The van der Waals surface area contributed by atoms with E-state index in [0.717, 1.165) is 43.1 Å². The van der Waals surface area contributed by atoms with Crippen LogP contribution in [0.15, 0.2) is 54.8 Å². The van der Waals surface area contributed by atoms with Crippen molar-refractivity contribution in [2.24, 2.45) is 0 Å². The van der Waals surface area contributed by atoms with E-state index in [1.54, 1.807) is 18.2 Å². The molecule has 0 amide bonds. The number of halogens is 2. The van der Waals surface area contributed by atoms with E-state index < -0.39 is 27.8 Å². The van der Waals surface area contributed by atoms with E-state index in [-0.39, 0.29) is 47.6 Å². The molecule has 57 heavy (non-hydrogen) atoms. The Hall–Kier alpha value is -4.16. The van der Waals surface area contributed by atoms with Crippen LogP contribution in [0.3, 0.4) is 0 Å². The average Bonchev–Trinajstić information content (AvgIpc) is 3.59. The van der Waals surface area contributed by atoms with Gasteiger partial charge in [0.15, 0.2) is 12.6 Å². The third-order valence-electron chi connectivity index (χ3n) is 11.8. The van der Waals surface area contributed by atoms with Gasteiger partial charge in [-0.25, -0.2) is 8.78 Å². The zero-order valence-corrected chi connectivity index (χ0v) is 37.4. The first kappa shape index (κ1) is 42.4. The molecule has 4 heterocycles. The Labute approximate surface area is 339 Å². The van der Waals surface area contributed by atoms with Gasteiger partial charge in [0.25, 0.3) is 0 Å². The van der Waals surface area contributed by atoms with Crippen molar-refractivity contribution < 1.29 is 27.7 Å². The third-order valence-corrected chi connectivity index (χ3v) is 19.8. The largest absolute Gasteiger partial charge is 0.477 e. The van der Waals surface area contributed by atoms with E-state index in [1.807, 2.05) is 0 Å². The van der Waals surface area contributed by atoms with Crippen molar-refractivity contribution in [1.29, 1.82) is 0 Å². The van der Waals surface area contributed by atoms with Gasteiger partial charge in [0, 0.05) is 45.4 Å². The molecule has 2 aliphatic heterocycles. The Morgan fingerprint density at radius 2 is 1.58 bits per heavy atom. The van der Waals surface area contributed by atoms with Gasteiger partial charge in [-0.05, 0) is 59.1 Å². The molecule has 2 saturated heterocycles. The lowest BCUT2D eigenvalue weighted by Crippen LogP contribution is -2.43. The Balaban J connectivity index is 1.55. The van der Waals surface area contributed by atoms with Gasteiger partial charge in [-0.3, -0.25) is 9.88 Å².